The first-order chi connectivity index (χ1) is 20.4. The molecular weight excluding hydrogens is 536 g/mol. The first-order valence-corrected chi connectivity index (χ1v) is 14.7. The molecule has 3 aromatic heterocycles. The molecule has 4 aliphatic heterocycles. The van der Waals surface area contributed by atoms with Crippen LogP contribution in [0.25, 0.3) is 5.65 Å². The number of carbonyl (C=O) groups is 2. The molecule has 0 aliphatic carbocycles. The van der Waals surface area contributed by atoms with E-state index in [9.17, 15) is 9.59 Å². The molecule has 7 rings (SSSR count). The molecule has 1 N–H and O–H groups in total. The van der Waals surface area contributed by atoms with Crippen LogP contribution in [0.2, 0.25) is 0 Å². The van der Waals surface area contributed by atoms with Crippen molar-refractivity contribution >= 4 is 34.8 Å². The minimum Gasteiger partial charge on any atom is -0.365 e. The lowest BCUT2D eigenvalue weighted by Gasteiger charge is -2.52. The largest absolute Gasteiger partial charge is 0.365 e. The molecule has 0 aromatic carbocycles. The number of nitrogens with one attached hydrogen (secondary N) is 1. The van der Waals surface area contributed by atoms with Crippen molar-refractivity contribution in [3.63, 3.8) is 0 Å². The molecule has 14 nitrogen and oxygen atoms in total. The van der Waals surface area contributed by atoms with Crippen molar-refractivity contribution in [2.45, 2.75) is 43.9 Å². The van der Waals surface area contributed by atoms with Gasteiger partial charge in [-0.05, 0) is 32.0 Å². The van der Waals surface area contributed by atoms with Crippen LogP contribution in [0.5, 0.6) is 0 Å². The molecule has 0 radical (unpaired) electrons. The third-order valence-electron chi connectivity index (χ3n) is 9.13. The number of fused-ring (bicyclic) bond motifs is 3. The highest BCUT2D eigenvalue weighted by atomic mass is 16.2. The van der Waals surface area contributed by atoms with E-state index >= 15 is 0 Å². The van der Waals surface area contributed by atoms with Crippen molar-refractivity contribution in [2.24, 2.45) is 0 Å². The number of piperazine rings is 2. The average molecular weight is 573 g/mol. The van der Waals surface area contributed by atoms with Crippen molar-refractivity contribution in [3.8, 4) is 6.07 Å². The summed E-state index contributed by atoms with van der Waals surface area (Å²) >= 11 is 0. The molecule has 2 unspecified atom stereocenters. The van der Waals surface area contributed by atoms with Gasteiger partial charge >= 0.3 is 0 Å². The van der Waals surface area contributed by atoms with Crippen molar-refractivity contribution in [1.29, 1.82) is 5.26 Å². The third kappa shape index (κ3) is 5.03. The maximum absolute atomic E-state index is 12.7. The van der Waals surface area contributed by atoms with E-state index < -0.39 is 0 Å². The molecule has 2 amide bonds. The molecule has 4 saturated heterocycles. The minimum atomic E-state index is -0.0610. The van der Waals surface area contributed by atoms with E-state index in [0.29, 0.717) is 24.1 Å². The van der Waals surface area contributed by atoms with Crippen LogP contribution in [-0.2, 0) is 16.1 Å². The molecule has 2 bridgehead atoms. The fraction of sp³-hybridized carbons (Fsp3) is 0.571. The molecule has 7 heterocycles. The highest BCUT2D eigenvalue weighted by Crippen LogP contribution is 2.37. The van der Waals surface area contributed by atoms with Gasteiger partial charge in [-0.15, -0.1) is 5.10 Å². The average Bonchev–Trinajstić information content (AvgIpc) is 3.63. The second kappa shape index (κ2) is 10.9. The Labute approximate surface area is 244 Å². The topological polar surface area (TPSA) is 134 Å². The number of likely N-dealkylation sites (N-methyl/N-ethyl adjacent to an activating group) is 1. The fourth-order valence-corrected chi connectivity index (χ4v) is 6.89. The van der Waals surface area contributed by atoms with Crippen LogP contribution >= 0.6 is 0 Å². The van der Waals surface area contributed by atoms with Crippen molar-refractivity contribution in [1.82, 2.24) is 44.0 Å². The monoisotopic (exact) mass is 572 g/mol. The van der Waals surface area contributed by atoms with Crippen LogP contribution in [0.4, 0.5) is 17.3 Å². The second-order valence-corrected chi connectivity index (χ2v) is 11.9. The Morgan fingerprint density at radius 1 is 1.02 bits per heavy atom. The first-order valence-electron chi connectivity index (χ1n) is 14.7. The van der Waals surface area contributed by atoms with Crippen LogP contribution < -0.4 is 10.2 Å². The van der Waals surface area contributed by atoms with Gasteiger partial charge in [-0.25, -0.2) is 4.52 Å². The number of pyridine rings is 1. The highest BCUT2D eigenvalue weighted by Gasteiger charge is 2.47. The van der Waals surface area contributed by atoms with Crippen LogP contribution in [-0.4, -0.2) is 133 Å². The Hall–Kier alpha value is -4.22. The van der Waals surface area contributed by atoms with Gasteiger partial charge in [0, 0.05) is 82.9 Å². The van der Waals surface area contributed by atoms with Crippen LogP contribution in [0.1, 0.15) is 19.3 Å². The number of nitrogens with zero attached hydrogens (tertiary/aromatic N) is 11. The van der Waals surface area contributed by atoms with Crippen molar-refractivity contribution in [3.05, 3.63) is 30.7 Å². The molecule has 14 heteroatoms. The van der Waals surface area contributed by atoms with Gasteiger partial charge in [0.25, 0.3) is 0 Å². The summed E-state index contributed by atoms with van der Waals surface area (Å²) in [7, 11) is 2.07. The zero-order valence-corrected chi connectivity index (χ0v) is 23.8. The SMILES string of the molecule is CN1CCN(C(=O)Cn2cc(Nc3nc4c(N5CC6CCC(C5)N6C5CN(C(=O)CC#N)C5)cccn4n3)cn2)CC1. The van der Waals surface area contributed by atoms with E-state index in [1.54, 1.807) is 20.3 Å². The molecule has 4 fully saturated rings. The highest BCUT2D eigenvalue weighted by molar-refractivity contribution is 5.79. The predicted molar refractivity (Wildman–Crippen MR) is 154 cm³/mol. The molecule has 2 atom stereocenters. The second-order valence-electron chi connectivity index (χ2n) is 11.9. The molecule has 220 valence electrons. The Bertz CT molecular complexity index is 1500. The molecule has 3 aromatic rings. The van der Waals surface area contributed by atoms with Crippen molar-refractivity contribution in [2.75, 3.05) is 69.6 Å². The van der Waals surface area contributed by atoms with E-state index in [4.69, 9.17) is 10.2 Å². The van der Waals surface area contributed by atoms with Gasteiger partial charge in [-0.2, -0.15) is 15.3 Å². The maximum atomic E-state index is 12.7. The van der Waals surface area contributed by atoms with E-state index in [2.05, 4.69) is 43.3 Å². The molecule has 0 spiro atoms. The number of anilines is 3. The van der Waals surface area contributed by atoms with Crippen molar-refractivity contribution < 1.29 is 9.59 Å². The van der Waals surface area contributed by atoms with E-state index in [1.165, 1.54) is 0 Å². The summed E-state index contributed by atoms with van der Waals surface area (Å²) in [6.45, 7) is 6.74. The van der Waals surface area contributed by atoms with Gasteiger partial charge in [0.1, 0.15) is 13.0 Å². The molecule has 42 heavy (non-hydrogen) atoms. The number of amides is 2. The number of aromatic nitrogens is 5. The molecule has 0 saturated carbocycles. The standard InChI is InChI=1S/C28H36N12O2/c1-34-9-11-35(12-10-34)26(42)19-38-14-20(13-30-38)31-28-32-27-24(3-2-8-39(27)33-28)36-15-21-4-5-22(16-36)40(21)23-17-37(18-23)25(41)6-7-29/h2-3,8,13-14,21-23H,4-6,9-12,15-19H2,1H3,(H,31,33). The van der Waals surface area contributed by atoms with Crippen LogP contribution in [0, 0.1) is 11.3 Å². The number of likely N-dealkylation sites (tertiary alicyclic amines) is 1. The van der Waals surface area contributed by atoms with Gasteiger partial charge in [-0.1, -0.05) is 0 Å². The molecule has 4 aliphatic rings. The fourth-order valence-electron chi connectivity index (χ4n) is 6.89. The summed E-state index contributed by atoms with van der Waals surface area (Å²) in [5.41, 5.74) is 2.58. The molecular formula is C28H36N12O2. The maximum Gasteiger partial charge on any atom is 0.247 e. The van der Waals surface area contributed by atoms with Gasteiger partial charge in [0.2, 0.25) is 17.8 Å². The summed E-state index contributed by atoms with van der Waals surface area (Å²) in [6.07, 6.45) is 7.66. The van der Waals surface area contributed by atoms with Gasteiger partial charge in [0.05, 0.1) is 23.6 Å². The Balaban J connectivity index is 0.996. The summed E-state index contributed by atoms with van der Waals surface area (Å²) in [5, 5.41) is 21.1. The van der Waals surface area contributed by atoms with Gasteiger partial charge in [0.15, 0.2) is 5.65 Å². The van der Waals surface area contributed by atoms with E-state index in [0.717, 1.165) is 82.2 Å². The zero-order chi connectivity index (χ0) is 28.8. The normalized spacial score (nSPS) is 23.3. The summed E-state index contributed by atoms with van der Waals surface area (Å²) in [4.78, 5) is 40.6. The van der Waals surface area contributed by atoms with E-state index in [-0.39, 0.29) is 24.8 Å². The number of carbonyl (C=O) groups excluding carboxylic acids is 2. The smallest absolute Gasteiger partial charge is 0.247 e. The Morgan fingerprint density at radius 3 is 2.52 bits per heavy atom. The quantitative estimate of drug-likeness (QED) is 0.419. The first kappa shape index (κ1) is 26.7. The number of hydrogen-bond donors (Lipinski definition) is 1. The zero-order valence-electron chi connectivity index (χ0n) is 23.8. The Kier molecular flexibility index (Phi) is 6.91. The lowest BCUT2D eigenvalue weighted by molar-refractivity contribution is -0.138. The lowest BCUT2D eigenvalue weighted by Crippen LogP contribution is -2.67. The van der Waals surface area contributed by atoms with Gasteiger partial charge in [-0.3, -0.25) is 19.2 Å². The summed E-state index contributed by atoms with van der Waals surface area (Å²) in [5.74, 6) is 0.490. The number of hydrogen-bond acceptors (Lipinski definition) is 10. The van der Waals surface area contributed by atoms with Crippen LogP contribution in [0.15, 0.2) is 30.7 Å². The third-order valence-corrected chi connectivity index (χ3v) is 9.13. The lowest BCUT2D eigenvalue weighted by atomic mass is 10.0. The van der Waals surface area contributed by atoms with Crippen LogP contribution in [0.3, 0.4) is 0 Å². The van der Waals surface area contributed by atoms with Gasteiger partial charge < -0.3 is 24.9 Å². The number of rotatable bonds is 7. The summed E-state index contributed by atoms with van der Waals surface area (Å²) in [6, 6.07) is 7.32. The number of nitriles is 1. The van der Waals surface area contributed by atoms with E-state index in [1.807, 2.05) is 29.4 Å². The Morgan fingerprint density at radius 2 is 1.79 bits per heavy atom. The summed E-state index contributed by atoms with van der Waals surface area (Å²) < 4.78 is 3.46. The minimum absolute atomic E-state index is 0.0362. The predicted octanol–water partition coefficient (Wildman–Crippen LogP) is 0.221.